The van der Waals surface area contributed by atoms with Gasteiger partial charge in [0.2, 0.25) is 0 Å². The summed E-state index contributed by atoms with van der Waals surface area (Å²) >= 11 is 0. The molecule has 1 N–H and O–H groups in total. The summed E-state index contributed by atoms with van der Waals surface area (Å²) in [6.45, 7) is 0.765. The number of pyridine rings is 1. The summed E-state index contributed by atoms with van der Waals surface area (Å²) in [7, 11) is 1.67. The lowest BCUT2D eigenvalue weighted by Crippen LogP contribution is -1.99. The van der Waals surface area contributed by atoms with Crippen LogP contribution >= 0.6 is 0 Å². The van der Waals surface area contributed by atoms with Gasteiger partial charge in [0.1, 0.15) is 5.75 Å². The van der Waals surface area contributed by atoms with Crippen LogP contribution in [0.15, 0.2) is 48.8 Å². The molecule has 0 radical (unpaired) electrons. The topological polar surface area (TPSA) is 34.1 Å². The van der Waals surface area contributed by atoms with Crippen molar-refractivity contribution in [3.8, 4) is 5.75 Å². The van der Waals surface area contributed by atoms with Gasteiger partial charge in [0.25, 0.3) is 0 Å². The number of ether oxygens (including phenoxy) is 1. The number of rotatable bonds is 4. The molecule has 1 aromatic carbocycles. The predicted octanol–water partition coefficient (Wildman–Crippen LogP) is 2.70. The molecule has 0 aliphatic rings. The van der Waals surface area contributed by atoms with Crippen LogP contribution in [0.3, 0.4) is 0 Å². The molecule has 3 heteroatoms. The van der Waals surface area contributed by atoms with Crippen molar-refractivity contribution in [3.63, 3.8) is 0 Å². The summed E-state index contributed by atoms with van der Waals surface area (Å²) in [4.78, 5) is 4.07. The Morgan fingerprint density at radius 2 is 2.19 bits per heavy atom. The number of methoxy groups -OCH3 is 1. The van der Waals surface area contributed by atoms with Crippen molar-refractivity contribution in [2.75, 3.05) is 12.4 Å². The van der Waals surface area contributed by atoms with Crippen LogP contribution in [0.2, 0.25) is 0 Å². The fourth-order valence-corrected chi connectivity index (χ4v) is 1.44. The molecule has 0 unspecified atom stereocenters. The highest BCUT2D eigenvalue weighted by atomic mass is 16.5. The van der Waals surface area contributed by atoms with Gasteiger partial charge < -0.3 is 10.1 Å². The summed E-state index contributed by atoms with van der Waals surface area (Å²) in [5.74, 6) is 0.858. The van der Waals surface area contributed by atoms with Crippen molar-refractivity contribution in [1.82, 2.24) is 4.98 Å². The second kappa shape index (κ2) is 5.16. The SMILES string of the molecule is COc1cccc(NCc2cccnc2)c1. The fraction of sp³-hybridized carbons (Fsp3) is 0.154. The first-order valence-electron chi connectivity index (χ1n) is 5.15. The minimum atomic E-state index is 0.765. The molecule has 0 spiro atoms. The molecule has 0 fully saturated rings. The number of nitrogens with zero attached hydrogens (tertiary/aromatic N) is 1. The van der Waals surface area contributed by atoms with Gasteiger partial charge in [-0.2, -0.15) is 0 Å². The van der Waals surface area contributed by atoms with Crippen LogP contribution in [0.1, 0.15) is 5.56 Å². The summed E-state index contributed by atoms with van der Waals surface area (Å²) in [5, 5.41) is 3.32. The highest BCUT2D eigenvalue weighted by Gasteiger charge is 1.95. The van der Waals surface area contributed by atoms with Crippen LogP contribution in [-0.4, -0.2) is 12.1 Å². The lowest BCUT2D eigenvalue weighted by molar-refractivity contribution is 0.415. The Kier molecular flexibility index (Phi) is 3.38. The lowest BCUT2D eigenvalue weighted by Gasteiger charge is -2.07. The van der Waals surface area contributed by atoms with Gasteiger partial charge in [0.05, 0.1) is 7.11 Å². The zero-order valence-electron chi connectivity index (χ0n) is 9.18. The number of aromatic nitrogens is 1. The number of nitrogens with one attached hydrogen (secondary N) is 1. The third-order valence-corrected chi connectivity index (χ3v) is 2.29. The summed E-state index contributed by atoms with van der Waals surface area (Å²) in [6.07, 6.45) is 3.63. The van der Waals surface area contributed by atoms with E-state index in [1.165, 1.54) is 0 Å². The van der Waals surface area contributed by atoms with Crippen molar-refractivity contribution < 1.29 is 4.74 Å². The van der Waals surface area contributed by atoms with Crippen LogP contribution in [0, 0.1) is 0 Å². The summed E-state index contributed by atoms with van der Waals surface area (Å²) in [6, 6.07) is 11.8. The van der Waals surface area contributed by atoms with Gasteiger partial charge in [-0.25, -0.2) is 0 Å². The van der Waals surface area contributed by atoms with E-state index in [1.54, 1.807) is 13.3 Å². The van der Waals surface area contributed by atoms with E-state index in [4.69, 9.17) is 4.74 Å². The third-order valence-electron chi connectivity index (χ3n) is 2.29. The van der Waals surface area contributed by atoms with E-state index < -0.39 is 0 Å². The second-order valence-electron chi connectivity index (χ2n) is 3.45. The van der Waals surface area contributed by atoms with Gasteiger partial charge in [-0.3, -0.25) is 4.98 Å². The number of hydrogen-bond donors (Lipinski definition) is 1. The zero-order chi connectivity index (χ0) is 11.2. The molecule has 2 rings (SSSR count). The average Bonchev–Trinajstić information content (AvgIpc) is 2.38. The van der Waals surface area contributed by atoms with Crippen molar-refractivity contribution in [2.24, 2.45) is 0 Å². The summed E-state index contributed by atoms with van der Waals surface area (Å²) in [5.41, 5.74) is 2.20. The minimum Gasteiger partial charge on any atom is -0.497 e. The van der Waals surface area contributed by atoms with E-state index in [0.717, 1.165) is 23.5 Å². The van der Waals surface area contributed by atoms with Crippen LogP contribution < -0.4 is 10.1 Å². The molecule has 0 aliphatic heterocycles. The average molecular weight is 214 g/mol. The molecule has 16 heavy (non-hydrogen) atoms. The second-order valence-corrected chi connectivity index (χ2v) is 3.45. The van der Waals surface area contributed by atoms with E-state index in [-0.39, 0.29) is 0 Å². The fourth-order valence-electron chi connectivity index (χ4n) is 1.44. The Bertz CT molecular complexity index is 443. The Morgan fingerprint density at radius 3 is 2.94 bits per heavy atom. The van der Waals surface area contributed by atoms with Crippen LogP contribution in [0.4, 0.5) is 5.69 Å². The smallest absolute Gasteiger partial charge is 0.120 e. The van der Waals surface area contributed by atoms with Crippen LogP contribution in [0.5, 0.6) is 5.75 Å². The quantitative estimate of drug-likeness (QED) is 0.849. The highest BCUT2D eigenvalue weighted by Crippen LogP contribution is 2.17. The molecule has 0 atom stereocenters. The Hall–Kier alpha value is -2.03. The zero-order valence-corrected chi connectivity index (χ0v) is 9.18. The molecule has 0 bridgehead atoms. The largest absolute Gasteiger partial charge is 0.497 e. The summed E-state index contributed by atoms with van der Waals surface area (Å²) < 4.78 is 5.15. The molecular weight excluding hydrogens is 200 g/mol. The van der Waals surface area contributed by atoms with Crippen LogP contribution in [-0.2, 0) is 6.54 Å². The first-order valence-corrected chi connectivity index (χ1v) is 5.15. The van der Waals surface area contributed by atoms with Gasteiger partial charge in [-0.15, -0.1) is 0 Å². The molecule has 1 heterocycles. The minimum absolute atomic E-state index is 0.765. The van der Waals surface area contributed by atoms with Crippen molar-refractivity contribution in [2.45, 2.75) is 6.54 Å². The van der Waals surface area contributed by atoms with Gasteiger partial charge >= 0.3 is 0 Å². The molecular formula is C13H14N2O. The van der Waals surface area contributed by atoms with E-state index >= 15 is 0 Å². The molecule has 82 valence electrons. The standard InChI is InChI=1S/C13H14N2O/c1-16-13-6-2-5-12(8-13)15-10-11-4-3-7-14-9-11/h2-9,15H,10H2,1H3. The Morgan fingerprint density at radius 1 is 1.25 bits per heavy atom. The molecule has 0 saturated heterocycles. The first kappa shape index (κ1) is 10.5. The van der Waals surface area contributed by atoms with Gasteiger partial charge in [-0.1, -0.05) is 12.1 Å². The van der Waals surface area contributed by atoms with Gasteiger partial charge in [0.15, 0.2) is 0 Å². The Balaban J connectivity index is 1.99. The predicted molar refractivity (Wildman–Crippen MR) is 64.6 cm³/mol. The monoisotopic (exact) mass is 214 g/mol. The normalized spacial score (nSPS) is 9.81. The lowest BCUT2D eigenvalue weighted by atomic mass is 10.2. The highest BCUT2D eigenvalue weighted by molar-refractivity contribution is 5.48. The first-order chi connectivity index (χ1) is 7.88. The van der Waals surface area contributed by atoms with Gasteiger partial charge in [-0.05, 0) is 23.8 Å². The van der Waals surface area contributed by atoms with Crippen molar-refractivity contribution in [1.29, 1.82) is 0 Å². The van der Waals surface area contributed by atoms with E-state index in [2.05, 4.69) is 10.3 Å². The number of anilines is 1. The van der Waals surface area contributed by atoms with E-state index in [1.807, 2.05) is 42.6 Å². The molecule has 0 amide bonds. The number of benzene rings is 1. The van der Waals surface area contributed by atoms with Crippen molar-refractivity contribution >= 4 is 5.69 Å². The maximum atomic E-state index is 5.15. The molecule has 0 aliphatic carbocycles. The van der Waals surface area contributed by atoms with E-state index in [0.29, 0.717) is 0 Å². The van der Waals surface area contributed by atoms with Gasteiger partial charge in [0, 0.05) is 30.7 Å². The third kappa shape index (κ3) is 2.73. The van der Waals surface area contributed by atoms with E-state index in [9.17, 15) is 0 Å². The van der Waals surface area contributed by atoms with Crippen LogP contribution in [0.25, 0.3) is 0 Å². The number of hydrogen-bond acceptors (Lipinski definition) is 3. The molecule has 0 saturated carbocycles. The van der Waals surface area contributed by atoms with Crippen molar-refractivity contribution in [3.05, 3.63) is 54.4 Å². The maximum Gasteiger partial charge on any atom is 0.120 e. The Labute approximate surface area is 95.1 Å². The maximum absolute atomic E-state index is 5.15. The molecule has 2 aromatic rings. The molecule has 3 nitrogen and oxygen atoms in total. The molecule has 1 aromatic heterocycles.